The fourth-order valence-electron chi connectivity index (χ4n) is 3.92. The lowest BCUT2D eigenvalue weighted by Gasteiger charge is -2.30. The van der Waals surface area contributed by atoms with Crippen LogP contribution >= 0.6 is 0 Å². The number of likely N-dealkylation sites (tertiary alicyclic amines) is 1. The van der Waals surface area contributed by atoms with Crippen molar-refractivity contribution in [3.8, 4) is 11.5 Å². The third-order valence-corrected chi connectivity index (χ3v) is 6.12. The quantitative estimate of drug-likeness (QED) is 0.617. The Morgan fingerprint density at radius 1 is 1.09 bits per heavy atom. The lowest BCUT2D eigenvalue weighted by Crippen LogP contribution is -2.40. The standard InChI is InChI=1S/C24H26N6O3/c1-15-5-6-17(22(31)26-18-7-8-18)14-20(15)27-24(32)30-12-9-16(10-13-30)23-28-21(29-33-23)19-4-2-3-11-25-19/h2-6,11,14,16,18H,7-10,12-13H2,1H3,(H,26,31)(H,27,32). The highest BCUT2D eigenvalue weighted by Crippen LogP contribution is 2.29. The van der Waals surface area contributed by atoms with Gasteiger partial charge in [-0.1, -0.05) is 17.3 Å². The second kappa shape index (κ2) is 9.01. The molecule has 1 aliphatic carbocycles. The molecule has 170 valence electrons. The number of aromatic nitrogens is 3. The minimum absolute atomic E-state index is 0.0987. The van der Waals surface area contributed by atoms with Gasteiger partial charge in [-0.25, -0.2) is 4.79 Å². The molecule has 9 heteroatoms. The number of carbonyl (C=O) groups is 2. The van der Waals surface area contributed by atoms with Crippen molar-refractivity contribution >= 4 is 17.6 Å². The summed E-state index contributed by atoms with van der Waals surface area (Å²) in [4.78, 5) is 35.8. The Morgan fingerprint density at radius 2 is 1.91 bits per heavy atom. The molecule has 3 aromatic rings. The second-order valence-electron chi connectivity index (χ2n) is 8.64. The fourth-order valence-corrected chi connectivity index (χ4v) is 3.92. The molecule has 0 spiro atoms. The first-order valence-electron chi connectivity index (χ1n) is 11.3. The molecule has 1 saturated carbocycles. The van der Waals surface area contributed by atoms with Gasteiger partial charge in [-0.2, -0.15) is 4.98 Å². The number of nitrogens with zero attached hydrogens (tertiary/aromatic N) is 4. The maximum atomic E-state index is 12.9. The number of hydrogen-bond acceptors (Lipinski definition) is 6. The van der Waals surface area contributed by atoms with E-state index in [9.17, 15) is 9.59 Å². The van der Waals surface area contributed by atoms with Gasteiger partial charge in [0.15, 0.2) is 0 Å². The molecular weight excluding hydrogens is 420 g/mol. The minimum Gasteiger partial charge on any atom is -0.349 e. The zero-order chi connectivity index (χ0) is 22.8. The topological polar surface area (TPSA) is 113 Å². The Kier molecular flexibility index (Phi) is 5.77. The van der Waals surface area contributed by atoms with Gasteiger partial charge in [0.25, 0.3) is 5.91 Å². The van der Waals surface area contributed by atoms with Gasteiger partial charge in [-0.05, 0) is 62.4 Å². The van der Waals surface area contributed by atoms with Gasteiger partial charge in [-0.3, -0.25) is 9.78 Å². The van der Waals surface area contributed by atoms with Gasteiger partial charge < -0.3 is 20.1 Å². The molecule has 0 atom stereocenters. The highest BCUT2D eigenvalue weighted by Gasteiger charge is 2.28. The first-order chi connectivity index (χ1) is 16.1. The van der Waals surface area contributed by atoms with E-state index >= 15 is 0 Å². The lowest BCUT2D eigenvalue weighted by molar-refractivity contribution is 0.0951. The zero-order valence-electron chi connectivity index (χ0n) is 18.5. The summed E-state index contributed by atoms with van der Waals surface area (Å²) in [6.45, 7) is 3.08. The minimum atomic E-state index is -0.170. The molecule has 2 fully saturated rings. The predicted molar refractivity (Wildman–Crippen MR) is 122 cm³/mol. The average Bonchev–Trinajstić information content (AvgIpc) is 3.52. The maximum Gasteiger partial charge on any atom is 0.321 e. The first-order valence-corrected chi connectivity index (χ1v) is 11.3. The fraction of sp³-hybridized carbons (Fsp3) is 0.375. The number of amides is 3. The van der Waals surface area contributed by atoms with E-state index in [0.29, 0.717) is 41.7 Å². The van der Waals surface area contributed by atoms with Crippen LogP contribution in [0.4, 0.5) is 10.5 Å². The second-order valence-corrected chi connectivity index (χ2v) is 8.64. The van der Waals surface area contributed by atoms with Gasteiger partial charge in [0, 0.05) is 42.5 Å². The van der Waals surface area contributed by atoms with Crippen LogP contribution in [0.1, 0.15) is 53.4 Å². The molecule has 33 heavy (non-hydrogen) atoms. The van der Waals surface area contributed by atoms with Gasteiger partial charge >= 0.3 is 6.03 Å². The number of hydrogen-bond donors (Lipinski definition) is 2. The Hall–Kier alpha value is -3.75. The molecular formula is C24H26N6O3. The lowest BCUT2D eigenvalue weighted by atomic mass is 9.97. The van der Waals surface area contributed by atoms with E-state index in [1.807, 2.05) is 31.2 Å². The largest absolute Gasteiger partial charge is 0.349 e. The number of urea groups is 1. The highest BCUT2D eigenvalue weighted by molar-refractivity contribution is 5.97. The molecule has 1 aromatic carbocycles. The molecule has 2 aliphatic rings. The molecule has 2 aromatic heterocycles. The normalized spacial score (nSPS) is 16.5. The van der Waals surface area contributed by atoms with Gasteiger partial charge in [0.2, 0.25) is 11.7 Å². The zero-order valence-corrected chi connectivity index (χ0v) is 18.5. The van der Waals surface area contributed by atoms with Gasteiger partial charge in [-0.15, -0.1) is 0 Å². The SMILES string of the molecule is Cc1ccc(C(=O)NC2CC2)cc1NC(=O)N1CCC(c2nc(-c3ccccn3)no2)CC1. The van der Waals surface area contributed by atoms with Crippen LogP contribution in [0.15, 0.2) is 47.1 Å². The van der Waals surface area contributed by atoms with Crippen LogP contribution in [-0.2, 0) is 0 Å². The van der Waals surface area contributed by atoms with Crippen LogP contribution in [0.3, 0.4) is 0 Å². The molecule has 0 radical (unpaired) electrons. The third-order valence-electron chi connectivity index (χ3n) is 6.12. The summed E-state index contributed by atoms with van der Waals surface area (Å²) in [5.41, 5.74) is 2.80. The average molecular weight is 447 g/mol. The number of carbonyl (C=O) groups excluding carboxylic acids is 2. The van der Waals surface area contributed by atoms with Crippen molar-refractivity contribution in [1.29, 1.82) is 0 Å². The summed E-state index contributed by atoms with van der Waals surface area (Å²) in [5, 5.41) is 10.0. The molecule has 5 rings (SSSR count). The summed E-state index contributed by atoms with van der Waals surface area (Å²) in [6.07, 6.45) is 5.23. The van der Waals surface area contributed by atoms with Gasteiger partial charge in [0.1, 0.15) is 5.69 Å². The Labute approximate surface area is 191 Å². The van der Waals surface area contributed by atoms with Crippen molar-refractivity contribution in [1.82, 2.24) is 25.3 Å². The number of pyridine rings is 1. The highest BCUT2D eigenvalue weighted by atomic mass is 16.5. The molecule has 3 heterocycles. The van der Waals surface area contributed by atoms with Crippen LogP contribution in [0.5, 0.6) is 0 Å². The number of rotatable bonds is 5. The summed E-state index contributed by atoms with van der Waals surface area (Å²) >= 11 is 0. The number of piperidine rings is 1. The van der Waals surface area contributed by atoms with Crippen LogP contribution < -0.4 is 10.6 Å². The van der Waals surface area contributed by atoms with E-state index in [1.165, 1.54) is 0 Å². The summed E-state index contributed by atoms with van der Waals surface area (Å²) in [7, 11) is 0. The van der Waals surface area contributed by atoms with Crippen LogP contribution in [0.25, 0.3) is 11.5 Å². The van der Waals surface area contributed by atoms with E-state index in [-0.39, 0.29) is 23.9 Å². The molecule has 2 N–H and O–H groups in total. The predicted octanol–water partition coefficient (Wildman–Crippen LogP) is 3.74. The molecule has 3 amide bonds. The molecule has 1 aliphatic heterocycles. The molecule has 0 unspecified atom stereocenters. The van der Waals surface area contributed by atoms with Crippen LogP contribution in [-0.4, -0.2) is 51.1 Å². The summed E-state index contributed by atoms with van der Waals surface area (Å²) in [5.74, 6) is 1.07. The Balaban J connectivity index is 1.18. The van der Waals surface area contributed by atoms with E-state index < -0.39 is 0 Å². The molecule has 1 saturated heterocycles. The van der Waals surface area contributed by atoms with E-state index in [4.69, 9.17) is 4.52 Å². The number of anilines is 1. The van der Waals surface area contributed by atoms with E-state index in [1.54, 1.807) is 23.2 Å². The monoisotopic (exact) mass is 446 g/mol. The number of nitrogens with one attached hydrogen (secondary N) is 2. The Morgan fingerprint density at radius 3 is 2.64 bits per heavy atom. The molecule has 9 nitrogen and oxygen atoms in total. The van der Waals surface area contributed by atoms with Crippen molar-refractivity contribution in [2.75, 3.05) is 18.4 Å². The van der Waals surface area contributed by atoms with E-state index in [0.717, 1.165) is 31.2 Å². The van der Waals surface area contributed by atoms with Crippen molar-refractivity contribution in [2.45, 2.75) is 44.6 Å². The summed E-state index contributed by atoms with van der Waals surface area (Å²) < 4.78 is 5.47. The van der Waals surface area contributed by atoms with Gasteiger partial charge in [0.05, 0.1) is 0 Å². The third kappa shape index (κ3) is 4.87. The van der Waals surface area contributed by atoms with Crippen molar-refractivity contribution in [3.05, 3.63) is 59.6 Å². The smallest absolute Gasteiger partial charge is 0.321 e. The Bertz CT molecular complexity index is 1150. The summed E-state index contributed by atoms with van der Waals surface area (Å²) in [6, 6.07) is 11.1. The van der Waals surface area contributed by atoms with E-state index in [2.05, 4.69) is 25.8 Å². The maximum absolute atomic E-state index is 12.9. The first kappa shape index (κ1) is 21.1. The van der Waals surface area contributed by atoms with Crippen LogP contribution in [0, 0.1) is 6.92 Å². The van der Waals surface area contributed by atoms with Crippen molar-refractivity contribution in [2.24, 2.45) is 0 Å². The van der Waals surface area contributed by atoms with Crippen molar-refractivity contribution in [3.63, 3.8) is 0 Å². The number of aryl methyl sites for hydroxylation is 1. The van der Waals surface area contributed by atoms with Crippen LogP contribution in [0.2, 0.25) is 0 Å². The molecule has 0 bridgehead atoms. The number of benzene rings is 1. The van der Waals surface area contributed by atoms with Crippen molar-refractivity contribution < 1.29 is 14.1 Å².